The maximum Gasteiger partial charge on any atom is 0.135 e. The summed E-state index contributed by atoms with van der Waals surface area (Å²) < 4.78 is 5.81. The van der Waals surface area contributed by atoms with Gasteiger partial charge in [-0.2, -0.15) is 0 Å². The summed E-state index contributed by atoms with van der Waals surface area (Å²) in [5.74, 6) is 0.859. The minimum Gasteiger partial charge on any atom is -0.456 e. The molecule has 3 N–H and O–H groups in total. The molecular formula is C15H14N2O. The predicted molar refractivity (Wildman–Crippen MR) is 75.6 cm³/mol. The van der Waals surface area contributed by atoms with Crippen LogP contribution in [0.4, 0.5) is 11.4 Å². The van der Waals surface area contributed by atoms with Gasteiger partial charge in [-0.15, -0.1) is 0 Å². The van der Waals surface area contributed by atoms with Crippen molar-refractivity contribution in [1.82, 2.24) is 0 Å². The zero-order chi connectivity index (χ0) is 12.5. The van der Waals surface area contributed by atoms with E-state index in [4.69, 9.17) is 10.2 Å². The molecule has 2 aromatic carbocycles. The van der Waals surface area contributed by atoms with Gasteiger partial charge in [0.05, 0.1) is 0 Å². The highest BCUT2D eigenvalue weighted by molar-refractivity contribution is 5.85. The lowest BCUT2D eigenvalue weighted by Gasteiger charge is -2.00. The Hall–Kier alpha value is -2.42. The molecule has 3 aromatic rings. The number of nitrogens with two attached hydrogens (primary N) is 1. The first-order valence-electron chi connectivity index (χ1n) is 5.83. The number of rotatable bonds is 2. The smallest absolute Gasteiger partial charge is 0.135 e. The molecule has 90 valence electrons. The van der Waals surface area contributed by atoms with Gasteiger partial charge in [-0.3, -0.25) is 0 Å². The summed E-state index contributed by atoms with van der Waals surface area (Å²) in [6.07, 6.45) is 0. The molecule has 1 aromatic heterocycles. The van der Waals surface area contributed by atoms with Gasteiger partial charge < -0.3 is 15.5 Å². The van der Waals surface area contributed by atoms with E-state index < -0.39 is 0 Å². The second-order valence-corrected chi connectivity index (χ2v) is 4.24. The summed E-state index contributed by atoms with van der Waals surface area (Å²) in [5, 5.41) is 4.12. The second kappa shape index (κ2) is 4.11. The van der Waals surface area contributed by atoms with Crippen molar-refractivity contribution in [3.05, 3.63) is 48.5 Å². The molecule has 0 amide bonds. The second-order valence-electron chi connectivity index (χ2n) is 4.24. The molecule has 3 rings (SSSR count). The van der Waals surface area contributed by atoms with E-state index in [1.807, 2.05) is 55.6 Å². The molecule has 3 nitrogen and oxygen atoms in total. The van der Waals surface area contributed by atoms with E-state index in [2.05, 4.69) is 5.32 Å². The van der Waals surface area contributed by atoms with Crippen LogP contribution in [-0.2, 0) is 0 Å². The molecule has 18 heavy (non-hydrogen) atoms. The Balaban J connectivity index is 2.07. The van der Waals surface area contributed by atoms with Crippen LogP contribution < -0.4 is 11.1 Å². The topological polar surface area (TPSA) is 51.2 Å². The molecule has 0 saturated carbocycles. The quantitative estimate of drug-likeness (QED) is 0.669. The van der Waals surface area contributed by atoms with E-state index in [1.54, 1.807) is 0 Å². The van der Waals surface area contributed by atoms with Crippen LogP contribution in [0.2, 0.25) is 0 Å². The highest BCUT2D eigenvalue weighted by Crippen LogP contribution is 2.29. The molecule has 1 heterocycles. The van der Waals surface area contributed by atoms with Gasteiger partial charge in [-0.1, -0.05) is 0 Å². The van der Waals surface area contributed by atoms with Gasteiger partial charge in [-0.25, -0.2) is 0 Å². The van der Waals surface area contributed by atoms with E-state index in [1.165, 1.54) is 0 Å². The highest BCUT2D eigenvalue weighted by atomic mass is 16.3. The number of nitrogen functional groups attached to an aromatic ring is 1. The molecule has 0 aliphatic heterocycles. The zero-order valence-corrected chi connectivity index (χ0v) is 10.1. The van der Waals surface area contributed by atoms with E-state index in [0.29, 0.717) is 0 Å². The van der Waals surface area contributed by atoms with Crippen LogP contribution in [0.25, 0.3) is 22.3 Å². The Morgan fingerprint density at radius 1 is 1.00 bits per heavy atom. The number of hydrogen-bond donors (Lipinski definition) is 2. The van der Waals surface area contributed by atoms with Gasteiger partial charge in [0.2, 0.25) is 0 Å². The van der Waals surface area contributed by atoms with Crippen molar-refractivity contribution < 1.29 is 4.42 Å². The van der Waals surface area contributed by atoms with Gasteiger partial charge in [-0.05, 0) is 48.5 Å². The van der Waals surface area contributed by atoms with Crippen LogP contribution in [0.15, 0.2) is 52.9 Å². The normalized spacial score (nSPS) is 10.7. The summed E-state index contributed by atoms with van der Waals surface area (Å²) >= 11 is 0. The van der Waals surface area contributed by atoms with Crippen LogP contribution in [0.3, 0.4) is 0 Å². The third-order valence-electron chi connectivity index (χ3n) is 3.00. The number of fused-ring (bicyclic) bond motifs is 1. The number of furan rings is 1. The van der Waals surface area contributed by atoms with Gasteiger partial charge >= 0.3 is 0 Å². The minimum atomic E-state index is 0.750. The molecule has 0 bridgehead atoms. The Kier molecular flexibility index (Phi) is 2.45. The Morgan fingerprint density at radius 3 is 2.50 bits per heavy atom. The first kappa shape index (κ1) is 10.7. The molecule has 0 fully saturated rings. The first-order valence-corrected chi connectivity index (χ1v) is 5.83. The van der Waals surface area contributed by atoms with Crippen molar-refractivity contribution in [1.29, 1.82) is 0 Å². The lowest BCUT2D eigenvalue weighted by atomic mass is 10.1. The Bertz CT molecular complexity index is 683. The fourth-order valence-corrected chi connectivity index (χ4v) is 2.01. The lowest BCUT2D eigenvalue weighted by Crippen LogP contribution is -1.86. The SMILES string of the molecule is CNc1ccc(-c2cc3cc(N)ccc3o2)cc1. The summed E-state index contributed by atoms with van der Waals surface area (Å²) in [6, 6.07) is 15.8. The molecule has 0 unspecified atom stereocenters. The Morgan fingerprint density at radius 2 is 1.78 bits per heavy atom. The average molecular weight is 238 g/mol. The summed E-state index contributed by atoms with van der Waals surface area (Å²) in [5.41, 5.74) is 9.51. The van der Waals surface area contributed by atoms with Gasteiger partial charge in [0.1, 0.15) is 11.3 Å². The number of hydrogen-bond acceptors (Lipinski definition) is 3. The van der Waals surface area contributed by atoms with Gasteiger partial charge in [0.25, 0.3) is 0 Å². The van der Waals surface area contributed by atoms with Crippen molar-refractivity contribution in [3.8, 4) is 11.3 Å². The van der Waals surface area contributed by atoms with Crippen LogP contribution in [0.5, 0.6) is 0 Å². The lowest BCUT2D eigenvalue weighted by molar-refractivity contribution is 0.631. The molecule has 0 aliphatic carbocycles. The summed E-state index contributed by atoms with van der Waals surface area (Å²) in [4.78, 5) is 0. The maximum absolute atomic E-state index is 5.81. The van der Waals surface area contributed by atoms with Crippen molar-refractivity contribution in [2.24, 2.45) is 0 Å². The Labute approximate surface area is 105 Å². The molecule has 0 atom stereocenters. The molecule has 0 radical (unpaired) electrons. The van der Waals surface area contributed by atoms with Crippen molar-refractivity contribution in [3.63, 3.8) is 0 Å². The molecule has 0 spiro atoms. The first-order chi connectivity index (χ1) is 8.76. The molecule has 3 heteroatoms. The third-order valence-corrected chi connectivity index (χ3v) is 3.00. The van der Waals surface area contributed by atoms with Crippen molar-refractivity contribution >= 4 is 22.3 Å². The minimum absolute atomic E-state index is 0.750. The fourth-order valence-electron chi connectivity index (χ4n) is 2.01. The van der Waals surface area contributed by atoms with E-state index in [0.717, 1.165) is 33.7 Å². The fraction of sp³-hybridized carbons (Fsp3) is 0.0667. The number of anilines is 2. The van der Waals surface area contributed by atoms with Crippen LogP contribution in [0, 0.1) is 0 Å². The number of benzene rings is 2. The molecule has 0 aliphatic rings. The van der Waals surface area contributed by atoms with Gasteiger partial charge in [0, 0.05) is 29.4 Å². The largest absolute Gasteiger partial charge is 0.456 e. The monoisotopic (exact) mass is 238 g/mol. The zero-order valence-electron chi connectivity index (χ0n) is 10.1. The molecular weight excluding hydrogens is 224 g/mol. The van der Waals surface area contributed by atoms with E-state index in [-0.39, 0.29) is 0 Å². The van der Waals surface area contributed by atoms with Crippen LogP contribution in [-0.4, -0.2) is 7.05 Å². The third kappa shape index (κ3) is 1.80. The highest BCUT2D eigenvalue weighted by Gasteiger charge is 2.06. The summed E-state index contributed by atoms with van der Waals surface area (Å²) in [6.45, 7) is 0. The standard InChI is InChI=1S/C15H14N2O/c1-17-13-5-2-10(3-6-13)15-9-11-8-12(16)4-7-14(11)18-15/h2-9,17H,16H2,1H3. The molecule has 0 saturated heterocycles. The van der Waals surface area contributed by atoms with E-state index >= 15 is 0 Å². The maximum atomic E-state index is 5.81. The van der Waals surface area contributed by atoms with Crippen LogP contribution >= 0.6 is 0 Å². The van der Waals surface area contributed by atoms with Gasteiger partial charge in [0.15, 0.2) is 0 Å². The predicted octanol–water partition coefficient (Wildman–Crippen LogP) is 3.72. The van der Waals surface area contributed by atoms with Crippen molar-refractivity contribution in [2.45, 2.75) is 0 Å². The summed E-state index contributed by atoms with van der Waals surface area (Å²) in [7, 11) is 1.90. The average Bonchev–Trinajstić information content (AvgIpc) is 2.81. The van der Waals surface area contributed by atoms with Crippen LogP contribution in [0.1, 0.15) is 0 Å². The number of nitrogens with one attached hydrogen (secondary N) is 1. The van der Waals surface area contributed by atoms with Crippen molar-refractivity contribution in [2.75, 3.05) is 18.1 Å². The van der Waals surface area contributed by atoms with E-state index in [9.17, 15) is 0 Å².